The van der Waals surface area contributed by atoms with Gasteiger partial charge < -0.3 is 10.3 Å². The van der Waals surface area contributed by atoms with Crippen LogP contribution in [0.15, 0.2) is 18.2 Å². The molecule has 0 aliphatic carbocycles. The number of carbonyl (C=O) groups is 1. The number of nitro groups is 1. The second kappa shape index (κ2) is 3.42. The minimum atomic E-state index is -1.40. The summed E-state index contributed by atoms with van der Waals surface area (Å²) in [5, 5.41) is 30.4. The molecule has 8 heteroatoms. The Morgan fingerprint density at radius 2 is 2.19 bits per heavy atom. The Bertz CT molecular complexity index is 606. The van der Waals surface area contributed by atoms with Crippen LogP contribution in [0.5, 0.6) is 0 Å². The molecule has 0 bridgehead atoms. The van der Waals surface area contributed by atoms with Gasteiger partial charge in [0.15, 0.2) is 4.70 Å². The molecule has 0 spiro atoms. The maximum absolute atomic E-state index is 11.5. The van der Waals surface area contributed by atoms with Crippen molar-refractivity contribution in [2.75, 3.05) is 0 Å². The summed E-state index contributed by atoms with van der Waals surface area (Å²) in [6.45, 7) is 0. The molecule has 0 amide bonds. The number of carboxylic acid groups (broad SMARTS) is 1. The van der Waals surface area contributed by atoms with Crippen molar-refractivity contribution >= 4 is 33.2 Å². The Labute approximate surface area is 91.9 Å². The highest BCUT2D eigenvalue weighted by Crippen LogP contribution is 2.29. The summed E-state index contributed by atoms with van der Waals surface area (Å²) < 4.78 is 0.259. The van der Waals surface area contributed by atoms with Crippen molar-refractivity contribution in [1.29, 1.82) is 0 Å². The molecule has 1 aromatic carbocycles. The van der Waals surface area contributed by atoms with E-state index in [4.69, 9.17) is 5.11 Å². The molecule has 0 aliphatic rings. The lowest BCUT2D eigenvalue weighted by atomic mass is 10.3. The molecule has 2 rings (SSSR count). The maximum Gasteiger partial charge on any atom is 0.414 e. The van der Waals surface area contributed by atoms with E-state index in [1.165, 1.54) is 18.2 Å². The predicted octanol–water partition coefficient (Wildman–Crippen LogP) is 1.14. The monoisotopic (exact) mass is 240 g/mol. The number of carboxylic acids is 1. The first-order valence-electron chi connectivity index (χ1n) is 4.05. The Morgan fingerprint density at radius 3 is 2.75 bits per heavy atom. The first kappa shape index (κ1) is 10.3. The molecule has 1 heterocycles. The third-order valence-electron chi connectivity index (χ3n) is 1.96. The van der Waals surface area contributed by atoms with Gasteiger partial charge in [-0.3, -0.25) is 10.1 Å². The molecule has 0 saturated heterocycles. The van der Waals surface area contributed by atoms with Crippen molar-refractivity contribution in [1.82, 2.24) is 0 Å². The highest BCUT2D eigenvalue weighted by Gasteiger charge is 2.27. The van der Waals surface area contributed by atoms with Gasteiger partial charge >= 0.3 is 11.0 Å². The second-order valence-corrected chi connectivity index (χ2v) is 3.89. The van der Waals surface area contributed by atoms with Crippen molar-refractivity contribution in [2.45, 2.75) is 0 Å². The lowest BCUT2D eigenvalue weighted by Crippen LogP contribution is -2.31. The van der Waals surface area contributed by atoms with E-state index in [1.807, 2.05) is 0 Å². The van der Waals surface area contributed by atoms with Gasteiger partial charge in [0, 0.05) is 12.1 Å². The van der Waals surface area contributed by atoms with Crippen LogP contribution >= 0.6 is 11.3 Å². The van der Waals surface area contributed by atoms with E-state index in [0.717, 1.165) is 0 Å². The molecule has 1 N–H and O–H groups in total. The standard InChI is InChI=1S/C8H4N2O5S/c11-8(12)7-9(13)4-2-1-3-5(10(14)15)6(4)16-7/h1-3H,(H,11,12). The van der Waals surface area contributed by atoms with E-state index in [0.29, 0.717) is 11.3 Å². The van der Waals surface area contributed by atoms with Gasteiger partial charge in [0.1, 0.15) is 0 Å². The van der Waals surface area contributed by atoms with Crippen molar-refractivity contribution < 1.29 is 19.6 Å². The molecular weight excluding hydrogens is 236 g/mol. The molecule has 0 saturated carbocycles. The number of aromatic nitrogens is 1. The summed E-state index contributed by atoms with van der Waals surface area (Å²) in [6.07, 6.45) is 0. The first-order valence-corrected chi connectivity index (χ1v) is 4.87. The molecule has 0 unspecified atom stereocenters. The Morgan fingerprint density at radius 1 is 1.50 bits per heavy atom. The van der Waals surface area contributed by atoms with Crippen molar-refractivity contribution in [3.8, 4) is 0 Å². The average Bonchev–Trinajstić information content (AvgIpc) is 2.56. The molecule has 1 aromatic heterocycles. The maximum atomic E-state index is 11.5. The number of hydrogen-bond donors (Lipinski definition) is 1. The van der Waals surface area contributed by atoms with Crippen LogP contribution in [0.4, 0.5) is 5.69 Å². The van der Waals surface area contributed by atoms with Crippen molar-refractivity contribution in [3.63, 3.8) is 0 Å². The molecule has 7 nitrogen and oxygen atoms in total. The third-order valence-corrected chi connectivity index (χ3v) is 3.11. The highest BCUT2D eigenvalue weighted by atomic mass is 32.1. The summed E-state index contributed by atoms with van der Waals surface area (Å²) >= 11 is 0.596. The van der Waals surface area contributed by atoms with Crippen LogP contribution in [0.3, 0.4) is 0 Å². The molecule has 0 aliphatic heterocycles. The van der Waals surface area contributed by atoms with Gasteiger partial charge in [-0.1, -0.05) is 0 Å². The van der Waals surface area contributed by atoms with E-state index in [-0.39, 0.29) is 20.6 Å². The number of hydrogen-bond acceptors (Lipinski definition) is 5. The molecule has 0 radical (unpaired) electrons. The number of benzene rings is 1. The quantitative estimate of drug-likeness (QED) is 0.366. The van der Waals surface area contributed by atoms with Gasteiger partial charge in [0.25, 0.3) is 5.69 Å². The summed E-state index contributed by atoms with van der Waals surface area (Å²) in [7, 11) is 0. The number of non-ortho nitro benzene ring substituents is 1. The number of rotatable bonds is 2. The molecule has 82 valence electrons. The highest BCUT2D eigenvalue weighted by molar-refractivity contribution is 7.20. The van der Waals surface area contributed by atoms with E-state index in [2.05, 4.69) is 0 Å². The molecule has 2 aromatic rings. The number of nitro benzene ring substituents is 1. The zero-order chi connectivity index (χ0) is 11.9. The summed E-state index contributed by atoms with van der Waals surface area (Å²) in [5.41, 5.74) is -0.267. The topological polar surface area (TPSA) is 107 Å². The van der Waals surface area contributed by atoms with Gasteiger partial charge in [0.05, 0.1) is 4.92 Å². The normalized spacial score (nSPS) is 10.5. The van der Waals surface area contributed by atoms with Gasteiger partial charge in [-0.2, -0.15) is 0 Å². The first-order chi connectivity index (χ1) is 7.52. The zero-order valence-corrected chi connectivity index (χ0v) is 8.43. The van der Waals surface area contributed by atoms with Crippen molar-refractivity contribution in [2.24, 2.45) is 0 Å². The second-order valence-electron chi connectivity index (χ2n) is 2.89. The Hall–Kier alpha value is -2.22. The van der Waals surface area contributed by atoms with Crippen LogP contribution in [0.2, 0.25) is 0 Å². The van der Waals surface area contributed by atoms with Crippen LogP contribution in [0.1, 0.15) is 9.80 Å². The minimum absolute atomic E-state index is 0.00315. The van der Waals surface area contributed by atoms with E-state index in [1.54, 1.807) is 0 Å². The smallest absolute Gasteiger partial charge is 0.414 e. The summed E-state index contributed by atoms with van der Waals surface area (Å²) in [5.74, 6) is -1.40. The average molecular weight is 240 g/mol. The molecule has 0 fully saturated rings. The number of aromatic carboxylic acids is 1. The van der Waals surface area contributed by atoms with Crippen LogP contribution in [-0.4, -0.2) is 16.0 Å². The molecular formula is C8H4N2O5S. The SMILES string of the molecule is O=C(O)c1sc2c([N+](=O)[O-])cccc2[n+]1[O-]. The largest absolute Gasteiger partial charge is 0.617 e. The van der Waals surface area contributed by atoms with Gasteiger partial charge in [0.2, 0.25) is 5.52 Å². The fourth-order valence-electron chi connectivity index (χ4n) is 1.30. The van der Waals surface area contributed by atoms with Gasteiger partial charge in [-0.15, -0.1) is 4.73 Å². The van der Waals surface area contributed by atoms with E-state index >= 15 is 0 Å². The third kappa shape index (κ3) is 1.36. The lowest BCUT2D eigenvalue weighted by Gasteiger charge is -1.93. The molecule has 0 atom stereocenters. The Kier molecular flexibility index (Phi) is 2.20. The van der Waals surface area contributed by atoms with E-state index in [9.17, 15) is 20.1 Å². The van der Waals surface area contributed by atoms with Crippen LogP contribution in [0, 0.1) is 15.3 Å². The molecule has 16 heavy (non-hydrogen) atoms. The predicted molar refractivity (Wildman–Crippen MR) is 54.4 cm³/mol. The van der Waals surface area contributed by atoms with E-state index < -0.39 is 15.9 Å². The fraction of sp³-hybridized carbons (Fsp3) is 0. The van der Waals surface area contributed by atoms with Crippen LogP contribution in [0.25, 0.3) is 10.2 Å². The van der Waals surface area contributed by atoms with Crippen LogP contribution < -0.4 is 4.73 Å². The van der Waals surface area contributed by atoms with Gasteiger partial charge in [-0.25, -0.2) is 4.79 Å². The number of nitrogens with zero attached hydrogens (tertiary/aromatic N) is 2. The minimum Gasteiger partial charge on any atom is -0.617 e. The Balaban J connectivity index is 2.85. The van der Waals surface area contributed by atoms with Crippen molar-refractivity contribution in [3.05, 3.63) is 38.5 Å². The zero-order valence-electron chi connectivity index (χ0n) is 7.61. The number of fused-ring (bicyclic) bond motifs is 1. The van der Waals surface area contributed by atoms with Gasteiger partial charge in [-0.05, 0) is 17.4 Å². The van der Waals surface area contributed by atoms with Crippen LogP contribution in [-0.2, 0) is 0 Å². The summed E-state index contributed by atoms with van der Waals surface area (Å²) in [6, 6.07) is 3.91. The lowest BCUT2D eigenvalue weighted by molar-refractivity contribution is -0.575. The fourth-order valence-corrected chi connectivity index (χ4v) is 2.26. The number of thiazole rings is 1. The summed E-state index contributed by atoms with van der Waals surface area (Å²) in [4.78, 5) is 20.7.